The van der Waals surface area contributed by atoms with Crippen LogP contribution in [0.2, 0.25) is 0 Å². The van der Waals surface area contributed by atoms with E-state index in [9.17, 15) is 70.2 Å². The largest absolute Gasteiger partial charge is 0.506 e. The van der Waals surface area contributed by atoms with Gasteiger partial charge in [-0.25, -0.2) is 19.2 Å². The summed E-state index contributed by atoms with van der Waals surface area (Å²) >= 11 is 0. The summed E-state index contributed by atoms with van der Waals surface area (Å²) in [5.41, 5.74) is -2.52. The highest BCUT2D eigenvalue weighted by Gasteiger charge is 2.52. The van der Waals surface area contributed by atoms with E-state index in [2.05, 4.69) is 12.5 Å². The predicted molar refractivity (Wildman–Crippen MR) is 527 cm³/mol. The molecule has 0 amide bonds. The Kier molecular flexibility index (Phi) is 76.9. The normalized spacial score (nSPS) is 24.1. The van der Waals surface area contributed by atoms with Gasteiger partial charge in [0.15, 0.2) is 36.0 Å². The molecule has 6 aromatic carbocycles. The molecule has 4 aliphatic rings. The number of aromatic hydroxyl groups is 2. The second kappa shape index (κ2) is 59.5. The summed E-state index contributed by atoms with van der Waals surface area (Å²) in [6.07, 6.45) is -15.2. The highest BCUT2D eigenvalue weighted by molar-refractivity contribution is 6.30. The van der Waals surface area contributed by atoms with E-state index in [0.29, 0.717) is 5.56 Å². The zero-order valence-corrected chi connectivity index (χ0v) is 49.7. The molecular formula is C96H182O26. The van der Waals surface area contributed by atoms with Gasteiger partial charge in [-0.1, -0.05) is 279 Å². The molecule has 8 heterocycles. The van der Waals surface area contributed by atoms with Gasteiger partial charge in [-0.15, -0.1) is 6.42 Å². The molecule has 4 fully saturated rings. The minimum Gasteiger partial charge on any atom is -0.506 e. The number of terminal acetylenes is 1. The minimum absolute atomic E-state index is 0. The van der Waals surface area contributed by atoms with Crippen molar-refractivity contribution in [1.29, 1.82) is 0 Å². The molecule has 4 aliphatic heterocycles. The quantitative estimate of drug-likeness (QED) is 0.0278. The topological polar surface area (TPSA) is 397 Å². The summed E-state index contributed by atoms with van der Waals surface area (Å²) in [5, 5.41) is 109. The number of aliphatic hydroxyl groups is 8. The number of hydrogen-bond acceptors (Lipinski definition) is 26. The van der Waals surface area contributed by atoms with Gasteiger partial charge in [-0.05, 0) is 69.7 Å². The Morgan fingerprint density at radius 1 is 0.344 bits per heavy atom. The zero-order valence-electron chi connectivity index (χ0n) is 49.7. The van der Waals surface area contributed by atoms with Crippen LogP contribution >= 0.6 is 0 Å². The molecule has 4 aromatic heterocycles. The maximum atomic E-state index is 13.4. The van der Waals surface area contributed by atoms with Crippen LogP contribution in [-0.4, -0.2) is 162 Å². The molecule has 10 aromatic rings. The number of fused-ring (bicyclic) bond motifs is 4. The number of phenols is 2. The van der Waals surface area contributed by atoms with Gasteiger partial charge in [0, 0.05) is 49.7 Å². The number of aliphatic hydroxyl groups excluding tert-OH is 8. The lowest BCUT2D eigenvalue weighted by Gasteiger charge is -2.45. The van der Waals surface area contributed by atoms with E-state index in [4.69, 9.17) is 62.0 Å². The van der Waals surface area contributed by atoms with Gasteiger partial charge in [-0.2, -0.15) is 0 Å². The SMILES string of the molecule is C.C.C.C.C.C.C.C.C.C.C.C.C.C.C.C.C.C.C.C.C.C.C.C.C.C.C.C.C.C.C#Cc1cc2oc(=O)c3c(O)c4cccc(O[C@@H]5OC(C)[C@H](O)[C@H](O)C5O[C@H]5OC(C)[C@H](O)C(C)[C@H]5O)c4c4oc(=O)c(c1)c2c34.C=Cc1cc2oc(=O)c3c(O)c4cccc(O[C@@H]5OC(C)[C@H](O)[C@H](O)C5O[C@H]5OC(C)[C@H](O)C(C)[C@H]5O)c4c4oc(=O)c(c1)c2c34. The molecule has 4 saturated heterocycles. The van der Waals surface area contributed by atoms with E-state index >= 15 is 0 Å². The van der Waals surface area contributed by atoms with E-state index in [0.717, 1.165) is 0 Å². The summed E-state index contributed by atoms with van der Waals surface area (Å²) in [6, 6.07) is 15.0. The Morgan fingerprint density at radius 3 is 0.967 bits per heavy atom. The summed E-state index contributed by atoms with van der Waals surface area (Å²) in [4.78, 5) is 53.0. The fourth-order valence-electron chi connectivity index (χ4n) is 13.0. The summed E-state index contributed by atoms with van der Waals surface area (Å²) in [5.74, 6) is 0.240. The van der Waals surface area contributed by atoms with Gasteiger partial charge >= 0.3 is 22.5 Å². The molecule has 0 radical (unpaired) electrons. The first-order chi connectivity index (χ1) is 43.8. The van der Waals surface area contributed by atoms with Gasteiger partial charge in [0.25, 0.3) is 0 Å². The van der Waals surface area contributed by atoms with Crippen molar-refractivity contribution in [1.82, 2.24) is 0 Å². The van der Waals surface area contributed by atoms with Crippen molar-refractivity contribution in [3.63, 3.8) is 0 Å². The summed E-state index contributed by atoms with van der Waals surface area (Å²) < 4.78 is 70.4. The lowest BCUT2D eigenvalue weighted by Crippen LogP contribution is -2.62. The Bertz CT molecular complexity index is 4860. The van der Waals surface area contributed by atoms with Crippen LogP contribution in [0.5, 0.6) is 23.0 Å². The third kappa shape index (κ3) is 25.5. The Morgan fingerprint density at radius 2 is 0.648 bits per heavy atom. The average molecular weight is 1750 g/mol. The van der Waals surface area contributed by atoms with Crippen LogP contribution in [0, 0.1) is 24.2 Å². The zero-order chi connectivity index (χ0) is 65.5. The molecule has 10 N–H and O–H groups in total. The molecular weight excluding hydrogens is 1570 g/mol. The molecule has 0 spiro atoms. The average Bonchev–Trinajstić information content (AvgIpc) is 0.708. The monoisotopic (exact) mass is 1750 g/mol. The smallest absolute Gasteiger partial charge is 0.348 e. The molecule has 20 atom stereocenters. The van der Waals surface area contributed by atoms with Crippen molar-refractivity contribution >= 4 is 93.0 Å². The Hall–Kier alpha value is -8.34. The van der Waals surface area contributed by atoms with Crippen LogP contribution in [0.1, 0.15) is 275 Å². The van der Waals surface area contributed by atoms with Gasteiger partial charge < -0.3 is 107 Å². The molecule has 0 bridgehead atoms. The van der Waals surface area contributed by atoms with Crippen molar-refractivity contribution in [2.75, 3.05) is 0 Å². The number of ether oxygens (including phenoxy) is 8. The van der Waals surface area contributed by atoms with Crippen molar-refractivity contribution in [2.45, 2.75) is 375 Å². The maximum Gasteiger partial charge on any atom is 0.348 e. The standard InChI is InChI=1S/C33H32O13.C33H30O13.30CH4/c2*1-5-14-9-16-19-18(10-14)43-31(40)22-21(19)28(45-30(16)39)20-15(26(22)37)7-6-8-17(20)44-33-29(27(38)25(36)13(4)42-33)46-32-24(35)11(2)23(34)12(3)41-32;;;;;;;;;;;;;;;;;;;;;;;;;;;;;;/h5-13,23-25,27,29,32-38H,1H2,2-4H3;1,6-13,23-25,27,29,32-38H,2-4H3;30*1H4/t2*11?,12?,13?,23-,24-,25+,27+,29?,32-,33+;;;;;;;;;;;;;;;;;;;;;;;;;;;;;;/m11............................../s1. The van der Waals surface area contributed by atoms with Crippen molar-refractivity contribution in [3.05, 3.63) is 120 Å². The van der Waals surface area contributed by atoms with Gasteiger partial charge in [-0.3, -0.25) is 0 Å². The van der Waals surface area contributed by atoms with Gasteiger partial charge in [0.2, 0.25) is 12.6 Å². The van der Waals surface area contributed by atoms with Crippen molar-refractivity contribution in [3.8, 4) is 35.3 Å². The van der Waals surface area contributed by atoms with E-state index in [1.807, 2.05) is 0 Å². The lowest BCUT2D eigenvalue weighted by molar-refractivity contribution is -0.346. The van der Waals surface area contributed by atoms with E-state index < -0.39 is 156 Å². The highest BCUT2D eigenvalue weighted by atomic mass is 16.8. The number of phenolic OH excluding ortho intramolecular Hbond substituents is 2. The van der Waals surface area contributed by atoms with Crippen LogP contribution in [0.25, 0.3) is 93.0 Å². The fourth-order valence-corrected chi connectivity index (χ4v) is 13.0. The van der Waals surface area contributed by atoms with Crippen LogP contribution in [-0.2, 0) is 28.4 Å². The molecule has 14 rings (SSSR count). The first-order valence-corrected chi connectivity index (χ1v) is 29.5. The first-order valence-electron chi connectivity index (χ1n) is 29.5. The van der Waals surface area contributed by atoms with E-state index in [1.54, 1.807) is 33.8 Å². The molecule has 722 valence electrons. The molecule has 26 heteroatoms. The molecule has 8 unspecified atom stereocenters. The Labute approximate surface area is 738 Å². The number of benzene rings is 6. The molecule has 0 saturated carbocycles. The second-order valence-corrected chi connectivity index (χ2v) is 23.9. The van der Waals surface area contributed by atoms with Crippen molar-refractivity contribution < 1.29 is 107 Å². The first kappa shape index (κ1) is 158. The van der Waals surface area contributed by atoms with Crippen LogP contribution in [0.15, 0.2) is 104 Å². The lowest BCUT2D eigenvalue weighted by atomic mass is 9.91. The van der Waals surface area contributed by atoms with Crippen LogP contribution < -0.4 is 32.0 Å². The van der Waals surface area contributed by atoms with Gasteiger partial charge in [0.05, 0.1) is 58.2 Å². The van der Waals surface area contributed by atoms with E-state index in [1.165, 1.54) is 74.5 Å². The predicted octanol–water partition coefficient (Wildman–Crippen LogP) is 23.1. The fraction of sp³-hybridized carbons (Fsp3) is 0.583. The highest BCUT2D eigenvalue weighted by Crippen LogP contribution is 2.48. The molecule has 122 heavy (non-hydrogen) atoms. The number of rotatable bonds is 9. The van der Waals surface area contributed by atoms with Gasteiger partial charge in [0.1, 0.15) is 81.6 Å². The van der Waals surface area contributed by atoms with E-state index in [-0.39, 0.29) is 327 Å². The minimum atomic E-state index is -1.58. The summed E-state index contributed by atoms with van der Waals surface area (Å²) in [7, 11) is 0. The number of hydrogen-bond donors (Lipinski definition) is 10. The summed E-state index contributed by atoms with van der Waals surface area (Å²) in [6.45, 7) is 13.2. The molecule has 26 nitrogen and oxygen atoms in total. The Balaban J connectivity index is -0.0000000889. The van der Waals surface area contributed by atoms with Crippen LogP contribution in [0.4, 0.5) is 0 Å². The van der Waals surface area contributed by atoms with Crippen molar-refractivity contribution in [2.24, 2.45) is 11.8 Å². The molecule has 0 aliphatic carbocycles. The second-order valence-electron chi connectivity index (χ2n) is 23.9. The maximum absolute atomic E-state index is 13.4. The third-order valence-electron chi connectivity index (χ3n) is 18.2. The third-order valence-corrected chi connectivity index (χ3v) is 18.2. The van der Waals surface area contributed by atoms with Crippen LogP contribution in [0.3, 0.4) is 0 Å².